The summed E-state index contributed by atoms with van der Waals surface area (Å²) in [5, 5.41) is 13.0. The van der Waals surface area contributed by atoms with E-state index in [0.717, 1.165) is 29.9 Å². The molecule has 5 rings (SSSR count). The van der Waals surface area contributed by atoms with Gasteiger partial charge in [0.2, 0.25) is 0 Å². The summed E-state index contributed by atoms with van der Waals surface area (Å²) < 4.78 is 0. The van der Waals surface area contributed by atoms with E-state index >= 15 is 0 Å². The molecule has 35 heavy (non-hydrogen) atoms. The van der Waals surface area contributed by atoms with Crippen molar-refractivity contribution in [3.63, 3.8) is 0 Å². The SMILES string of the molecule is O=C(c1ccnc(Cl)c1)N1CC2(CCN(C/C=C/c3ccc(Cl)cc3)CC2O)c2cc(Cl)ccc21. The van der Waals surface area contributed by atoms with E-state index in [1.54, 1.807) is 23.1 Å². The van der Waals surface area contributed by atoms with E-state index in [2.05, 4.69) is 22.0 Å². The zero-order valence-electron chi connectivity index (χ0n) is 18.9. The maximum atomic E-state index is 13.4. The number of pyridine rings is 1. The molecule has 1 fully saturated rings. The van der Waals surface area contributed by atoms with Crippen molar-refractivity contribution in [1.29, 1.82) is 0 Å². The molecule has 3 aromatic rings. The fourth-order valence-electron chi connectivity index (χ4n) is 5.08. The van der Waals surface area contributed by atoms with Crippen LogP contribution in [0.3, 0.4) is 0 Å². The van der Waals surface area contributed by atoms with E-state index in [1.807, 2.05) is 36.4 Å². The standard InChI is InChI=1S/C27H24Cl3N3O2/c28-20-5-3-18(4-6-20)2-1-12-32-13-10-27(24(34)16-32)17-33(23-8-7-21(29)15-22(23)27)26(35)19-9-11-31-25(30)14-19/h1-9,11,14-15,24,34H,10,12-13,16-17H2/b2-1+. The molecule has 2 atom stereocenters. The highest BCUT2D eigenvalue weighted by molar-refractivity contribution is 6.31. The van der Waals surface area contributed by atoms with Crippen LogP contribution >= 0.6 is 34.8 Å². The average Bonchev–Trinajstić information content (AvgIpc) is 3.16. The second-order valence-electron chi connectivity index (χ2n) is 9.06. The molecular weight excluding hydrogens is 505 g/mol. The minimum Gasteiger partial charge on any atom is -0.391 e. The summed E-state index contributed by atoms with van der Waals surface area (Å²) in [4.78, 5) is 21.4. The number of benzene rings is 2. The van der Waals surface area contributed by atoms with Gasteiger partial charge in [0.15, 0.2) is 0 Å². The fraction of sp³-hybridized carbons (Fsp3) is 0.259. The van der Waals surface area contributed by atoms with Crippen molar-refractivity contribution < 1.29 is 9.90 Å². The Kier molecular flexibility index (Phi) is 6.88. The molecule has 8 heteroatoms. The number of amides is 1. The van der Waals surface area contributed by atoms with Gasteiger partial charge in [-0.3, -0.25) is 9.69 Å². The van der Waals surface area contributed by atoms with Gasteiger partial charge in [-0.1, -0.05) is 59.1 Å². The topological polar surface area (TPSA) is 56.7 Å². The van der Waals surface area contributed by atoms with Gasteiger partial charge in [0.05, 0.1) is 6.10 Å². The fourth-order valence-corrected chi connectivity index (χ4v) is 5.55. The smallest absolute Gasteiger partial charge is 0.258 e. The van der Waals surface area contributed by atoms with Gasteiger partial charge in [-0.2, -0.15) is 0 Å². The van der Waals surface area contributed by atoms with Crippen LogP contribution in [0.4, 0.5) is 5.69 Å². The first-order chi connectivity index (χ1) is 16.9. The summed E-state index contributed by atoms with van der Waals surface area (Å²) in [7, 11) is 0. The Morgan fingerprint density at radius 3 is 2.60 bits per heavy atom. The van der Waals surface area contributed by atoms with Crippen LogP contribution in [0.2, 0.25) is 15.2 Å². The molecule has 2 aliphatic rings. The zero-order chi connectivity index (χ0) is 24.6. The number of hydrogen-bond acceptors (Lipinski definition) is 4. The molecule has 0 bridgehead atoms. The van der Waals surface area contributed by atoms with E-state index in [1.165, 1.54) is 6.20 Å². The number of carbonyl (C=O) groups is 1. The van der Waals surface area contributed by atoms with Crippen LogP contribution in [0.15, 0.2) is 66.9 Å². The predicted molar refractivity (Wildman–Crippen MR) is 142 cm³/mol. The van der Waals surface area contributed by atoms with Crippen LogP contribution < -0.4 is 4.90 Å². The number of likely N-dealkylation sites (tertiary alicyclic amines) is 1. The number of anilines is 1. The second-order valence-corrected chi connectivity index (χ2v) is 10.3. The molecule has 1 amide bonds. The van der Waals surface area contributed by atoms with Crippen molar-refractivity contribution in [3.05, 3.63) is 98.8 Å². The maximum Gasteiger partial charge on any atom is 0.258 e. The number of hydrogen-bond donors (Lipinski definition) is 1. The Morgan fingerprint density at radius 1 is 1.09 bits per heavy atom. The number of carbonyl (C=O) groups excluding carboxylic acids is 1. The van der Waals surface area contributed by atoms with E-state index in [4.69, 9.17) is 34.8 Å². The minimum absolute atomic E-state index is 0.171. The first kappa shape index (κ1) is 24.3. The Balaban J connectivity index is 1.35. The summed E-state index contributed by atoms with van der Waals surface area (Å²) >= 11 is 18.4. The second kappa shape index (κ2) is 9.92. The summed E-state index contributed by atoms with van der Waals surface area (Å²) in [5.41, 5.74) is 2.66. The molecule has 2 aromatic carbocycles. The molecule has 2 aliphatic heterocycles. The van der Waals surface area contributed by atoms with Crippen LogP contribution in [0, 0.1) is 0 Å². The first-order valence-corrected chi connectivity index (χ1v) is 12.6. The highest BCUT2D eigenvalue weighted by Crippen LogP contribution is 2.48. The number of aromatic nitrogens is 1. The van der Waals surface area contributed by atoms with Gasteiger partial charge in [-0.15, -0.1) is 0 Å². The number of halogens is 3. The molecule has 0 saturated carbocycles. The predicted octanol–water partition coefficient (Wildman–Crippen LogP) is 5.72. The van der Waals surface area contributed by atoms with Crippen LogP contribution in [0.1, 0.15) is 27.9 Å². The highest BCUT2D eigenvalue weighted by Gasteiger charge is 2.51. The number of nitrogens with zero attached hydrogens (tertiary/aromatic N) is 3. The lowest BCUT2D eigenvalue weighted by atomic mass is 9.72. The largest absolute Gasteiger partial charge is 0.391 e. The molecule has 5 nitrogen and oxygen atoms in total. The van der Waals surface area contributed by atoms with Gasteiger partial charge >= 0.3 is 0 Å². The highest BCUT2D eigenvalue weighted by atomic mass is 35.5. The number of fused-ring (bicyclic) bond motifs is 2. The van der Waals surface area contributed by atoms with Crippen molar-refractivity contribution in [2.24, 2.45) is 0 Å². The number of β-amino-alcohol motifs (C(OH)–C–C–N with tert-alkyl or cyclic N) is 1. The van der Waals surface area contributed by atoms with Crippen molar-refractivity contribution in [2.75, 3.05) is 31.1 Å². The quantitative estimate of drug-likeness (QED) is 0.440. The van der Waals surface area contributed by atoms with Gasteiger partial charge in [-0.25, -0.2) is 4.98 Å². The number of aliphatic hydroxyl groups excluding tert-OH is 1. The molecule has 180 valence electrons. The minimum atomic E-state index is -0.656. The van der Waals surface area contributed by atoms with Crippen molar-refractivity contribution in [1.82, 2.24) is 9.88 Å². The van der Waals surface area contributed by atoms with Gasteiger partial charge in [0.25, 0.3) is 5.91 Å². The van der Waals surface area contributed by atoms with E-state index in [9.17, 15) is 9.90 Å². The summed E-state index contributed by atoms with van der Waals surface area (Å²) in [6.07, 6.45) is 5.72. The van der Waals surface area contributed by atoms with Gasteiger partial charge < -0.3 is 10.0 Å². The summed E-state index contributed by atoms with van der Waals surface area (Å²) in [6, 6.07) is 16.4. The Hall–Kier alpha value is -2.41. The summed E-state index contributed by atoms with van der Waals surface area (Å²) in [5.74, 6) is -0.171. The Bertz CT molecular complexity index is 1280. The molecule has 2 unspecified atom stereocenters. The Morgan fingerprint density at radius 2 is 1.86 bits per heavy atom. The van der Waals surface area contributed by atoms with E-state index in [-0.39, 0.29) is 11.1 Å². The number of piperidine rings is 1. The molecule has 1 spiro atoms. The Labute approximate surface area is 219 Å². The first-order valence-electron chi connectivity index (χ1n) is 11.4. The van der Waals surface area contributed by atoms with Crippen molar-refractivity contribution >= 4 is 52.5 Å². The maximum absolute atomic E-state index is 13.4. The summed E-state index contributed by atoms with van der Waals surface area (Å²) in [6.45, 7) is 2.39. The third kappa shape index (κ3) is 4.84. The third-order valence-electron chi connectivity index (χ3n) is 6.93. The third-order valence-corrected chi connectivity index (χ3v) is 7.63. The molecule has 1 saturated heterocycles. The molecule has 1 aromatic heterocycles. The van der Waals surface area contributed by atoms with Crippen LogP contribution in [0.5, 0.6) is 0 Å². The molecule has 0 aliphatic carbocycles. The molecule has 0 radical (unpaired) electrons. The van der Waals surface area contributed by atoms with Crippen LogP contribution in [-0.4, -0.2) is 53.2 Å². The van der Waals surface area contributed by atoms with Crippen molar-refractivity contribution in [3.8, 4) is 0 Å². The monoisotopic (exact) mass is 527 g/mol. The molecule has 1 N–H and O–H groups in total. The normalized spacial score (nSPS) is 22.2. The van der Waals surface area contributed by atoms with Crippen LogP contribution in [-0.2, 0) is 5.41 Å². The number of rotatable bonds is 4. The van der Waals surface area contributed by atoms with E-state index < -0.39 is 11.5 Å². The van der Waals surface area contributed by atoms with Gasteiger partial charge in [0, 0.05) is 52.5 Å². The molecular formula is C27H24Cl3N3O2. The zero-order valence-corrected chi connectivity index (χ0v) is 21.1. The lowest BCUT2D eigenvalue weighted by molar-refractivity contribution is 0.0104. The lowest BCUT2D eigenvalue weighted by Crippen LogP contribution is -2.55. The van der Waals surface area contributed by atoms with Crippen molar-refractivity contribution in [2.45, 2.75) is 17.9 Å². The van der Waals surface area contributed by atoms with E-state index in [0.29, 0.717) is 35.1 Å². The average molecular weight is 529 g/mol. The number of aliphatic hydroxyl groups is 1. The van der Waals surface area contributed by atoms with Gasteiger partial charge in [-0.05, 0) is 66.6 Å². The molecule has 3 heterocycles. The lowest BCUT2D eigenvalue weighted by Gasteiger charge is -2.43. The van der Waals surface area contributed by atoms with Gasteiger partial charge in [0.1, 0.15) is 5.15 Å². The van der Waals surface area contributed by atoms with Crippen LogP contribution in [0.25, 0.3) is 6.08 Å².